The molecular weight excluding hydrogens is 386 g/mol. The van der Waals surface area contributed by atoms with Crippen molar-refractivity contribution in [3.63, 3.8) is 0 Å². The quantitative estimate of drug-likeness (QED) is 0.613. The fraction of sp³-hybridized carbons (Fsp3) is 0.318. The van der Waals surface area contributed by atoms with Gasteiger partial charge in [0.15, 0.2) is 11.5 Å². The fourth-order valence-electron chi connectivity index (χ4n) is 3.65. The lowest BCUT2D eigenvalue weighted by atomic mass is 10.1. The normalized spacial score (nSPS) is 15.8. The maximum absolute atomic E-state index is 13.1. The van der Waals surface area contributed by atoms with Crippen LogP contribution in [-0.2, 0) is 0 Å². The largest absolute Gasteiger partial charge is 0.497 e. The minimum Gasteiger partial charge on any atom is -0.497 e. The van der Waals surface area contributed by atoms with Crippen LogP contribution in [0.25, 0.3) is 11.4 Å². The Balaban J connectivity index is 1.58. The molecule has 2 heterocycles. The van der Waals surface area contributed by atoms with Gasteiger partial charge in [0.25, 0.3) is 5.91 Å². The third kappa shape index (κ3) is 3.68. The number of hydrogen-bond donors (Lipinski definition) is 0. The number of carbonyl (C=O) groups excluding carboxylic acids is 1. The van der Waals surface area contributed by atoms with Crippen LogP contribution in [0.4, 0.5) is 0 Å². The van der Waals surface area contributed by atoms with Crippen LogP contribution in [-0.4, -0.2) is 48.8 Å². The molecule has 1 unspecified atom stereocenters. The number of carbonyl (C=O) groups is 1. The Labute approximate surface area is 174 Å². The molecule has 0 N–H and O–H groups in total. The molecule has 1 aromatic heterocycles. The van der Waals surface area contributed by atoms with Gasteiger partial charge in [0, 0.05) is 17.7 Å². The van der Waals surface area contributed by atoms with Crippen LogP contribution in [0, 0.1) is 0 Å². The van der Waals surface area contributed by atoms with E-state index in [1.807, 2.05) is 12.1 Å². The fourth-order valence-corrected chi connectivity index (χ4v) is 3.65. The third-order valence-electron chi connectivity index (χ3n) is 5.20. The van der Waals surface area contributed by atoms with Crippen LogP contribution in [0.5, 0.6) is 17.2 Å². The summed E-state index contributed by atoms with van der Waals surface area (Å²) in [5, 5.41) is 4.12. The Morgan fingerprint density at radius 2 is 1.90 bits per heavy atom. The predicted molar refractivity (Wildman–Crippen MR) is 109 cm³/mol. The predicted octanol–water partition coefficient (Wildman–Crippen LogP) is 3.74. The summed E-state index contributed by atoms with van der Waals surface area (Å²) in [6.45, 7) is 0.634. The second-order valence-electron chi connectivity index (χ2n) is 6.91. The van der Waals surface area contributed by atoms with Crippen molar-refractivity contribution in [2.45, 2.75) is 18.9 Å². The van der Waals surface area contributed by atoms with E-state index in [4.69, 9.17) is 18.7 Å². The highest BCUT2D eigenvalue weighted by Crippen LogP contribution is 2.35. The molecule has 1 aliphatic rings. The molecule has 30 heavy (non-hydrogen) atoms. The highest BCUT2D eigenvalue weighted by atomic mass is 16.5. The smallest absolute Gasteiger partial charge is 0.254 e. The van der Waals surface area contributed by atoms with Crippen LogP contribution < -0.4 is 14.2 Å². The number of likely N-dealkylation sites (tertiary alicyclic amines) is 1. The van der Waals surface area contributed by atoms with Crippen LogP contribution in [0.15, 0.2) is 47.0 Å². The minimum absolute atomic E-state index is 0.0812. The zero-order valence-corrected chi connectivity index (χ0v) is 17.1. The maximum Gasteiger partial charge on any atom is 0.254 e. The van der Waals surface area contributed by atoms with Gasteiger partial charge in [-0.3, -0.25) is 4.79 Å². The average molecular weight is 409 g/mol. The second kappa shape index (κ2) is 8.44. The molecule has 1 aliphatic heterocycles. The summed E-state index contributed by atoms with van der Waals surface area (Å²) in [6.07, 6.45) is 1.64. The number of amides is 1. The molecule has 1 amide bonds. The van der Waals surface area contributed by atoms with Gasteiger partial charge in [-0.2, -0.15) is 4.98 Å². The number of hydrogen-bond acceptors (Lipinski definition) is 7. The highest BCUT2D eigenvalue weighted by molar-refractivity contribution is 5.95. The molecule has 0 radical (unpaired) electrons. The first-order chi connectivity index (χ1) is 14.6. The van der Waals surface area contributed by atoms with E-state index in [0.29, 0.717) is 41.1 Å². The van der Waals surface area contributed by atoms with E-state index in [9.17, 15) is 4.79 Å². The lowest BCUT2D eigenvalue weighted by molar-refractivity contribution is 0.0709. The Bertz CT molecular complexity index is 1050. The monoisotopic (exact) mass is 409 g/mol. The number of ether oxygens (including phenoxy) is 3. The van der Waals surface area contributed by atoms with E-state index in [-0.39, 0.29) is 11.9 Å². The van der Waals surface area contributed by atoms with Gasteiger partial charge in [0.1, 0.15) is 11.8 Å². The third-order valence-corrected chi connectivity index (χ3v) is 5.20. The highest BCUT2D eigenvalue weighted by Gasteiger charge is 2.34. The van der Waals surface area contributed by atoms with Crippen LogP contribution in [0.2, 0.25) is 0 Å². The average Bonchev–Trinajstić information content (AvgIpc) is 3.47. The van der Waals surface area contributed by atoms with Crippen molar-refractivity contribution in [3.8, 4) is 28.6 Å². The molecule has 1 atom stereocenters. The van der Waals surface area contributed by atoms with Crippen molar-refractivity contribution in [1.82, 2.24) is 15.0 Å². The van der Waals surface area contributed by atoms with Gasteiger partial charge < -0.3 is 23.6 Å². The Morgan fingerprint density at radius 3 is 2.67 bits per heavy atom. The first-order valence-electron chi connectivity index (χ1n) is 9.65. The van der Waals surface area contributed by atoms with Crippen molar-refractivity contribution in [2.75, 3.05) is 27.9 Å². The van der Waals surface area contributed by atoms with Crippen molar-refractivity contribution in [2.24, 2.45) is 0 Å². The molecule has 2 aromatic carbocycles. The van der Waals surface area contributed by atoms with Crippen molar-refractivity contribution < 1.29 is 23.5 Å². The van der Waals surface area contributed by atoms with Gasteiger partial charge in [-0.15, -0.1) is 0 Å². The van der Waals surface area contributed by atoms with Gasteiger partial charge in [-0.05, 0) is 49.2 Å². The van der Waals surface area contributed by atoms with Gasteiger partial charge in [-0.25, -0.2) is 0 Å². The lowest BCUT2D eigenvalue weighted by Gasteiger charge is -2.22. The molecule has 156 valence electrons. The first-order valence-corrected chi connectivity index (χ1v) is 9.65. The molecule has 1 fully saturated rings. The molecule has 8 heteroatoms. The number of benzene rings is 2. The number of aromatic nitrogens is 2. The van der Waals surface area contributed by atoms with E-state index in [0.717, 1.165) is 18.4 Å². The van der Waals surface area contributed by atoms with E-state index in [2.05, 4.69) is 10.1 Å². The summed E-state index contributed by atoms with van der Waals surface area (Å²) in [6, 6.07) is 12.3. The summed E-state index contributed by atoms with van der Waals surface area (Å²) in [4.78, 5) is 19.4. The van der Waals surface area contributed by atoms with Gasteiger partial charge in [0.05, 0.1) is 21.3 Å². The Kier molecular flexibility index (Phi) is 5.56. The molecule has 3 aromatic rings. The molecule has 0 spiro atoms. The van der Waals surface area contributed by atoms with Crippen molar-refractivity contribution in [1.29, 1.82) is 0 Å². The lowest BCUT2D eigenvalue weighted by Crippen LogP contribution is -2.30. The summed E-state index contributed by atoms with van der Waals surface area (Å²) < 4.78 is 21.4. The maximum atomic E-state index is 13.1. The summed E-state index contributed by atoms with van der Waals surface area (Å²) >= 11 is 0. The topological polar surface area (TPSA) is 86.9 Å². The summed E-state index contributed by atoms with van der Waals surface area (Å²) in [5.74, 6) is 2.63. The molecule has 0 bridgehead atoms. The molecule has 0 aliphatic carbocycles. The number of nitrogens with zero attached hydrogens (tertiary/aromatic N) is 3. The van der Waals surface area contributed by atoms with E-state index in [1.165, 1.54) is 0 Å². The minimum atomic E-state index is -0.259. The van der Waals surface area contributed by atoms with Crippen molar-refractivity contribution >= 4 is 5.91 Å². The number of methoxy groups -OCH3 is 3. The Hall–Kier alpha value is -3.55. The molecule has 8 nitrogen and oxygen atoms in total. The van der Waals surface area contributed by atoms with Crippen LogP contribution in [0.1, 0.15) is 35.1 Å². The molecule has 0 saturated carbocycles. The second-order valence-corrected chi connectivity index (χ2v) is 6.91. The SMILES string of the molecule is COc1cccc(C(=O)N2CCCC2c2nc(-c3ccc(OC)c(OC)c3)no2)c1. The van der Waals surface area contributed by atoms with Crippen LogP contribution >= 0.6 is 0 Å². The van der Waals surface area contributed by atoms with Crippen LogP contribution in [0.3, 0.4) is 0 Å². The molecule has 4 rings (SSSR count). The van der Waals surface area contributed by atoms with E-state index in [1.54, 1.807) is 56.6 Å². The molecular formula is C22H23N3O5. The summed E-state index contributed by atoms with van der Waals surface area (Å²) in [7, 11) is 4.73. The van der Waals surface area contributed by atoms with E-state index < -0.39 is 0 Å². The zero-order chi connectivity index (χ0) is 21.1. The van der Waals surface area contributed by atoms with Gasteiger partial charge in [-0.1, -0.05) is 11.2 Å². The zero-order valence-electron chi connectivity index (χ0n) is 17.1. The first kappa shape index (κ1) is 19.8. The standard InChI is InChI=1S/C22H23N3O5/c1-27-16-7-4-6-15(12-16)22(26)25-11-5-8-17(25)21-23-20(24-30-21)14-9-10-18(28-2)19(13-14)29-3/h4,6-7,9-10,12-13,17H,5,8,11H2,1-3H3. The molecule has 1 saturated heterocycles. The van der Waals surface area contributed by atoms with Crippen molar-refractivity contribution in [3.05, 3.63) is 53.9 Å². The van der Waals surface area contributed by atoms with E-state index >= 15 is 0 Å². The van der Waals surface area contributed by atoms with Gasteiger partial charge >= 0.3 is 0 Å². The Morgan fingerprint density at radius 1 is 1.07 bits per heavy atom. The van der Waals surface area contributed by atoms with Gasteiger partial charge in [0.2, 0.25) is 11.7 Å². The number of rotatable bonds is 6. The summed E-state index contributed by atoms with van der Waals surface area (Å²) in [5.41, 5.74) is 1.31.